The molecule has 102 valence electrons. The van der Waals surface area contributed by atoms with Crippen LogP contribution >= 0.6 is 15.9 Å². The molecule has 2 atom stereocenters. The Morgan fingerprint density at radius 1 is 1.28 bits per heavy atom. The van der Waals surface area contributed by atoms with Gasteiger partial charge in [-0.25, -0.2) is 0 Å². The van der Waals surface area contributed by atoms with Crippen molar-refractivity contribution in [2.24, 2.45) is 11.8 Å². The van der Waals surface area contributed by atoms with Crippen LogP contribution in [-0.4, -0.2) is 17.6 Å². The summed E-state index contributed by atoms with van der Waals surface area (Å²) in [6.45, 7) is 10.2. The van der Waals surface area contributed by atoms with Crippen LogP contribution in [0, 0.1) is 11.8 Å². The minimum Gasteiger partial charge on any atom is -0.314 e. The monoisotopic (exact) mass is 312 g/mol. The highest BCUT2D eigenvalue weighted by molar-refractivity contribution is 9.10. The molecule has 0 radical (unpaired) electrons. The second kappa shape index (κ2) is 7.90. The predicted molar refractivity (Wildman–Crippen MR) is 81.7 cm³/mol. The molecule has 1 aromatic rings. The molecule has 1 aromatic heterocycles. The maximum Gasteiger partial charge on any atom is 0.0413 e. The third-order valence-electron chi connectivity index (χ3n) is 3.45. The van der Waals surface area contributed by atoms with Gasteiger partial charge in [0.15, 0.2) is 0 Å². The lowest BCUT2D eigenvalue weighted by Crippen LogP contribution is -2.37. The lowest BCUT2D eigenvalue weighted by Gasteiger charge is -2.28. The van der Waals surface area contributed by atoms with Gasteiger partial charge < -0.3 is 5.32 Å². The molecule has 0 aliphatic carbocycles. The van der Waals surface area contributed by atoms with Gasteiger partial charge in [0, 0.05) is 22.4 Å². The van der Waals surface area contributed by atoms with Crippen molar-refractivity contribution < 1.29 is 0 Å². The fraction of sp³-hybridized carbons (Fsp3) is 0.667. The van der Waals surface area contributed by atoms with Crippen molar-refractivity contribution in [1.29, 1.82) is 0 Å². The Balaban J connectivity index is 2.65. The number of nitrogens with one attached hydrogen (secondary N) is 1. The summed E-state index contributed by atoms with van der Waals surface area (Å²) in [5, 5.41) is 3.61. The molecule has 0 aromatic carbocycles. The van der Waals surface area contributed by atoms with Crippen LogP contribution in [0.25, 0.3) is 0 Å². The van der Waals surface area contributed by atoms with Gasteiger partial charge in [0.2, 0.25) is 0 Å². The molecule has 0 amide bonds. The summed E-state index contributed by atoms with van der Waals surface area (Å²) < 4.78 is 1.05. The van der Waals surface area contributed by atoms with Crippen molar-refractivity contribution in [2.45, 2.75) is 46.6 Å². The molecule has 0 saturated heterocycles. The van der Waals surface area contributed by atoms with Crippen molar-refractivity contribution in [3.05, 3.63) is 28.5 Å². The van der Waals surface area contributed by atoms with Crippen LogP contribution in [0.5, 0.6) is 0 Å². The average Bonchev–Trinajstić information content (AvgIpc) is 2.34. The van der Waals surface area contributed by atoms with Gasteiger partial charge in [-0.15, -0.1) is 0 Å². The van der Waals surface area contributed by atoms with Gasteiger partial charge in [-0.05, 0) is 66.2 Å². The van der Waals surface area contributed by atoms with E-state index in [1.54, 1.807) is 0 Å². The Kier molecular flexibility index (Phi) is 6.87. The van der Waals surface area contributed by atoms with Gasteiger partial charge in [0.05, 0.1) is 0 Å². The number of pyridine rings is 1. The molecule has 0 saturated carbocycles. The molecular weight excluding hydrogens is 288 g/mol. The fourth-order valence-corrected chi connectivity index (χ4v) is 2.52. The van der Waals surface area contributed by atoms with E-state index in [9.17, 15) is 0 Å². The molecule has 1 N–H and O–H groups in total. The van der Waals surface area contributed by atoms with Crippen molar-refractivity contribution in [2.75, 3.05) is 6.54 Å². The summed E-state index contributed by atoms with van der Waals surface area (Å²) in [4.78, 5) is 4.49. The first-order valence-electron chi connectivity index (χ1n) is 6.88. The smallest absolute Gasteiger partial charge is 0.0413 e. The quantitative estimate of drug-likeness (QED) is 0.821. The predicted octanol–water partition coefficient (Wildman–Crippen LogP) is 4.05. The van der Waals surface area contributed by atoms with Crippen molar-refractivity contribution in [3.63, 3.8) is 0 Å². The van der Waals surface area contributed by atoms with Crippen LogP contribution in [0.15, 0.2) is 22.8 Å². The Bertz CT molecular complexity index is 335. The zero-order valence-electron chi connectivity index (χ0n) is 11.9. The van der Waals surface area contributed by atoms with E-state index < -0.39 is 0 Å². The van der Waals surface area contributed by atoms with E-state index in [2.05, 4.69) is 66.1 Å². The minimum absolute atomic E-state index is 0.537. The standard InChI is InChI=1S/C15H25BrN2/c1-5-8-17-12(4)15(11(2)3)9-14-7-6-13(16)10-18-14/h6-7,10-12,15,17H,5,8-9H2,1-4H3. The van der Waals surface area contributed by atoms with Crippen molar-refractivity contribution >= 4 is 15.9 Å². The summed E-state index contributed by atoms with van der Waals surface area (Å²) in [7, 11) is 0. The second-order valence-electron chi connectivity index (χ2n) is 5.32. The van der Waals surface area contributed by atoms with Crippen molar-refractivity contribution in [3.8, 4) is 0 Å². The maximum atomic E-state index is 4.49. The summed E-state index contributed by atoms with van der Waals surface area (Å²) in [6, 6.07) is 4.73. The number of aromatic nitrogens is 1. The lowest BCUT2D eigenvalue weighted by atomic mass is 9.85. The highest BCUT2D eigenvalue weighted by atomic mass is 79.9. The van der Waals surface area contributed by atoms with E-state index in [0.717, 1.165) is 17.4 Å². The first kappa shape index (κ1) is 15.6. The molecule has 2 unspecified atom stereocenters. The SMILES string of the molecule is CCCNC(C)C(Cc1ccc(Br)cn1)C(C)C. The summed E-state index contributed by atoms with van der Waals surface area (Å²) in [5.74, 6) is 1.29. The Morgan fingerprint density at radius 3 is 2.50 bits per heavy atom. The molecule has 0 aliphatic heterocycles. The Morgan fingerprint density at radius 2 is 2.00 bits per heavy atom. The van der Waals surface area contributed by atoms with Crippen LogP contribution in [0.4, 0.5) is 0 Å². The number of halogens is 1. The highest BCUT2D eigenvalue weighted by Crippen LogP contribution is 2.21. The third-order valence-corrected chi connectivity index (χ3v) is 3.92. The summed E-state index contributed by atoms with van der Waals surface area (Å²) >= 11 is 3.43. The zero-order valence-corrected chi connectivity index (χ0v) is 13.5. The maximum absolute atomic E-state index is 4.49. The Hall–Kier alpha value is -0.410. The lowest BCUT2D eigenvalue weighted by molar-refractivity contribution is 0.287. The topological polar surface area (TPSA) is 24.9 Å². The molecular formula is C15H25BrN2. The van der Waals surface area contributed by atoms with Gasteiger partial charge >= 0.3 is 0 Å². The van der Waals surface area contributed by atoms with Crippen LogP contribution in [0.3, 0.4) is 0 Å². The number of rotatable bonds is 7. The first-order valence-corrected chi connectivity index (χ1v) is 7.67. The molecule has 0 bridgehead atoms. The van der Waals surface area contributed by atoms with Crippen LogP contribution in [0.1, 0.15) is 39.8 Å². The van der Waals surface area contributed by atoms with E-state index in [1.165, 1.54) is 12.1 Å². The third kappa shape index (κ3) is 5.07. The molecule has 1 heterocycles. The normalized spacial score (nSPS) is 14.8. The molecule has 18 heavy (non-hydrogen) atoms. The fourth-order valence-electron chi connectivity index (χ4n) is 2.28. The van der Waals surface area contributed by atoms with Gasteiger partial charge in [0.1, 0.15) is 0 Å². The van der Waals surface area contributed by atoms with Crippen molar-refractivity contribution in [1.82, 2.24) is 10.3 Å². The summed E-state index contributed by atoms with van der Waals surface area (Å²) in [5.41, 5.74) is 1.18. The van der Waals surface area contributed by atoms with Crippen LogP contribution < -0.4 is 5.32 Å². The molecule has 2 nitrogen and oxygen atoms in total. The highest BCUT2D eigenvalue weighted by Gasteiger charge is 2.21. The van der Waals surface area contributed by atoms with Crippen LogP contribution in [-0.2, 0) is 6.42 Å². The van der Waals surface area contributed by atoms with Gasteiger partial charge in [-0.1, -0.05) is 20.8 Å². The number of hydrogen-bond donors (Lipinski definition) is 1. The molecule has 0 aliphatic rings. The van der Waals surface area contributed by atoms with Crippen LogP contribution in [0.2, 0.25) is 0 Å². The van der Waals surface area contributed by atoms with Gasteiger partial charge in [-0.2, -0.15) is 0 Å². The number of nitrogens with zero attached hydrogens (tertiary/aromatic N) is 1. The largest absolute Gasteiger partial charge is 0.314 e. The second-order valence-corrected chi connectivity index (χ2v) is 6.24. The molecule has 0 spiro atoms. The van der Waals surface area contributed by atoms with E-state index >= 15 is 0 Å². The van der Waals surface area contributed by atoms with Gasteiger partial charge in [-0.3, -0.25) is 4.98 Å². The molecule has 1 rings (SSSR count). The molecule has 0 fully saturated rings. The van der Waals surface area contributed by atoms with Gasteiger partial charge in [0.25, 0.3) is 0 Å². The molecule has 3 heteroatoms. The Labute approximate surface area is 120 Å². The number of hydrogen-bond acceptors (Lipinski definition) is 2. The first-order chi connectivity index (χ1) is 8.54. The van der Waals surface area contributed by atoms with E-state index in [4.69, 9.17) is 0 Å². The van der Waals surface area contributed by atoms with E-state index in [-0.39, 0.29) is 0 Å². The van der Waals surface area contributed by atoms with E-state index in [1.807, 2.05) is 6.20 Å². The van der Waals surface area contributed by atoms with E-state index in [0.29, 0.717) is 17.9 Å². The summed E-state index contributed by atoms with van der Waals surface area (Å²) in [6.07, 6.45) is 4.12. The average molecular weight is 313 g/mol. The minimum atomic E-state index is 0.537. The zero-order chi connectivity index (χ0) is 13.5.